The molecule has 0 aliphatic carbocycles. The van der Waals surface area contributed by atoms with Gasteiger partial charge in [0.2, 0.25) is 10.0 Å². The van der Waals surface area contributed by atoms with Gasteiger partial charge in [0.05, 0.1) is 11.5 Å². The first-order chi connectivity index (χ1) is 8.40. The minimum atomic E-state index is -3.78. The van der Waals surface area contributed by atoms with Crippen LogP contribution in [0.25, 0.3) is 0 Å². The van der Waals surface area contributed by atoms with Crippen LogP contribution < -0.4 is 4.72 Å². The van der Waals surface area contributed by atoms with Crippen molar-refractivity contribution in [3.63, 3.8) is 0 Å². The van der Waals surface area contributed by atoms with Crippen molar-refractivity contribution in [1.29, 1.82) is 0 Å². The van der Waals surface area contributed by atoms with Crippen LogP contribution in [-0.2, 0) is 16.6 Å². The molecule has 1 rings (SSSR count). The summed E-state index contributed by atoms with van der Waals surface area (Å²) in [6, 6.07) is 3.32. The van der Waals surface area contributed by atoms with E-state index in [1.165, 1.54) is 6.07 Å². The quantitative estimate of drug-likeness (QED) is 0.829. The molecular weight excluding hydrogens is 257 g/mol. The number of rotatable bonds is 6. The Bertz CT molecular complexity index is 502. The number of nitrogens with one attached hydrogen (secondary N) is 1. The first kappa shape index (κ1) is 15.1. The largest absolute Gasteiger partial charge is 0.392 e. The van der Waals surface area contributed by atoms with E-state index >= 15 is 0 Å². The first-order valence-corrected chi connectivity index (χ1v) is 7.28. The summed E-state index contributed by atoms with van der Waals surface area (Å²) in [6.45, 7) is 3.72. The Balaban J connectivity index is 3.00. The molecule has 0 spiro atoms. The topological polar surface area (TPSA) is 66.4 Å². The van der Waals surface area contributed by atoms with E-state index in [9.17, 15) is 12.8 Å². The highest BCUT2D eigenvalue weighted by molar-refractivity contribution is 7.89. The second kappa shape index (κ2) is 6.26. The average molecular weight is 275 g/mol. The molecule has 102 valence electrons. The zero-order chi connectivity index (χ0) is 13.8. The molecule has 1 aromatic rings. The van der Waals surface area contributed by atoms with Crippen LogP contribution >= 0.6 is 0 Å². The van der Waals surface area contributed by atoms with Crippen molar-refractivity contribution in [2.24, 2.45) is 5.92 Å². The number of aliphatic hydroxyl groups is 1. The second-order valence-corrected chi connectivity index (χ2v) is 6.01. The van der Waals surface area contributed by atoms with Gasteiger partial charge in [-0.2, -0.15) is 0 Å². The van der Waals surface area contributed by atoms with E-state index in [0.29, 0.717) is 6.54 Å². The second-order valence-electron chi connectivity index (χ2n) is 4.28. The summed E-state index contributed by atoms with van der Waals surface area (Å²) in [5, 5.41) is 9.08. The molecule has 0 heterocycles. The fourth-order valence-electron chi connectivity index (χ4n) is 1.38. The lowest BCUT2D eigenvalue weighted by atomic mass is 10.1. The fourth-order valence-corrected chi connectivity index (χ4v) is 2.79. The number of sulfonamides is 1. The van der Waals surface area contributed by atoms with E-state index in [2.05, 4.69) is 4.72 Å². The number of aliphatic hydroxyl groups excluding tert-OH is 1. The van der Waals surface area contributed by atoms with Gasteiger partial charge in [-0.05, 0) is 23.6 Å². The normalized spacial score (nSPS) is 13.6. The van der Waals surface area contributed by atoms with Crippen LogP contribution in [0.3, 0.4) is 0 Å². The molecule has 0 radical (unpaired) electrons. The highest BCUT2D eigenvalue weighted by Crippen LogP contribution is 2.17. The minimum absolute atomic E-state index is 0.188. The van der Waals surface area contributed by atoms with Gasteiger partial charge in [0.15, 0.2) is 0 Å². The predicted molar refractivity (Wildman–Crippen MR) is 67.0 cm³/mol. The monoisotopic (exact) mass is 275 g/mol. The SMILES string of the molecule is CCC(C)CNS(=O)(=O)c1cc(F)ccc1CO. The molecule has 6 heteroatoms. The van der Waals surface area contributed by atoms with Gasteiger partial charge in [-0.15, -0.1) is 0 Å². The van der Waals surface area contributed by atoms with Crippen LogP contribution in [0.4, 0.5) is 4.39 Å². The van der Waals surface area contributed by atoms with Gasteiger partial charge in [0, 0.05) is 6.54 Å². The van der Waals surface area contributed by atoms with Gasteiger partial charge >= 0.3 is 0 Å². The van der Waals surface area contributed by atoms with E-state index in [1.807, 2.05) is 13.8 Å². The van der Waals surface area contributed by atoms with Crippen molar-refractivity contribution in [3.8, 4) is 0 Å². The average Bonchev–Trinajstić information content (AvgIpc) is 2.36. The highest BCUT2D eigenvalue weighted by atomic mass is 32.2. The van der Waals surface area contributed by atoms with Gasteiger partial charge in [-0.1, -0.05) is 26.3 Å². The predicted octanol–water partition coefficient (Wildman–Crippen LogP) is 1.64. The number of hydrogen-bond donors (Lipinski definition) is 2. The molecule has 0 aromatic heterocycles. The lowest BCUT2D eigenvalue weighted by molar-refractivity contribution is 0.278. The maximum absolute atomic E-state index is 13.1. The third kappa shape index (κ3) is 3.76. The van der Waals surface area contributed by atoms with Gasteiger partial charge in [0.1, 0.15) is 5.82 Å². The van der Waals surface area contributed by atoms with E-state index in [4.69, 9.17) is 5.11 Å². The van der Waals surface area contributed by atoms with Crippen molar-refractivity contribution in [2.45, 2.75) is 31.8 Å². The third-order valence-electron chi connectivity index (χ3n) is 2.81. The molecule has 4 nitrogen and oxygen atoms in total. The number of benzene rings is 1. The van der Waals surface area contributed by atoms with Crippen molar-refractivity contribution >= 4 is 10.0 Å². The molecule has 0 bridgehead atoms. The number of halogens is 1. The van der Waals surface area contributed by atoms with Gasteiger partial charge < -0.3 is 5.11 Å². The Morgan fingerprint density at radius 1 is 1.44 bits per heavy atom. The molecule has 0 aliphatic heterocycles. The van der Waals surface area contributed by atoms with Gasteiger partial charge in [-0.25, -0.2) is 17.5 Å². The summed E-state index contributed by atoms with van der Waals surface area (Å²) >= 11 is 0. The molecule has 2 N–H and O–H groups in total. The van der Waals surface area contributed by atoms with Crippen LogP contribution in [0.1, 0.15) is 25.8 Å². The van der Waals surface area contributed by atoms with Crippen LogP contribution in [0.2, 0.25) is 0 Å². The third-order valence-corrected chi connectivity index (χ3v) is 4.31. The van der Waals surface area contributed by atoms with Gasteiger partial charge in [-0.3, -0.25) is 0 Å². The summed E-state index contributed by atoms with van der Waals surface area (Å²) in [4.78, 5) is -0.201. The summed E-state index contributed by atoms with van der Waals surface area (Å²) in [7, 11) is -3.78. The van der Waals surface area contributed by atoms with Crippen molar-refractivity contribution in [1.82, 2.24) is 4.72 Å². The van der Waals surface area contributed by atoms with E-state index in [1.54, 1.807) is 0 Å². The molecule has 1 aromatic carbocycles. The molecule has 0 fully saturated rings. The first-order valence-electron chi connectivity index (χ1n) is 5.79. The Hall–Kier alpha value is -0.980. The summed E-state index contributed by atoms with van der Waals surface area (Å²) in [5.41, 5.74) is 0.188. The van der Waals surface area contributed by atoms with E-state index in [-0.39, 0.29) is 16.4 Å². The summed E-state index contributed by atoms with van der Waals surface area (Å²) in [5.74, 6) is -0.443. The summed E-state index contributed by atoms with van der Waals surface area (Å²) in [6.07, 6.45) is 0.846. The molecule has 0 saturated heterocycles. The molecule has 1 unspecified atom stereocenters. The molecular formula is C12H18FNO3S. The Morgan fingerprint density at radius 2 is 2.11 bits per heavy atom. The molecule has 1 atom stereocenters. The minimum Gasteiger partial charge on any atom is -0.392 e. The molecule has 0 aliphatic rings. The van der Waals surface area contributed by atoms with E-state index in [0.717, 1.165) is 18.6 Å². The van der Waals surface area contributed by atoms with Gasteiger partial charge in [0.25, 0.3) is 0 Å². The standard InChI is InChI=1S/C12H18FNO3S/c1-3-9(2)7-14-18(16,17)12-6-11(13)5-4-10(12)8-15/h4-6,9,14-15H,3,7-8H2,1-2H3. The zero-order valence-corrected chi connectivity index (χ0v) is 11.3. The van der Waals surface area contributed by atoms with Crippen LogP contribution in [0.5, 0.6) is 0 Å². The molecule has 0 saturated carbocycles. The van der Waals surface area contributed by atoms with E-state index < -0.39 is 22.4 Å². The number of hydrogen-bond acceptors (Lipinski definition) is 3. The van der Waals surface area contributed by atoms with Crippen molar-refractivity contribution < 1.29 is 17.9 Å². The molecule has 0 amide bonds. The smallest absolute Gasteiger partial charge is 0.241 e. The fraction of sp³-hybridized carbons (Fsp3) is 0.500. The summed E-state index contributed by atoms with van der Waals surface area (Å²) < 4.78 is 39.5. The van der Waals surface area contributed by atoms with Crippen LogP contribution in [0, 0.1) is 11.7 Å². The Kier molecular flexibility index (Phi) is 5.25. The van der Waals surface area contributed by atoms with Crippen molar-refractivity contribution in [3.05, 3.63) is 29.6 Å². The lowest BCUT2D eigenvalue weighted by Crippen LogP contribution is -2.29. The molecule has 18 heavy (non-hydrogen) atoms. The van der Waals surface area contributed by atoms with Crippen LogP contribution in [-0.4, -0.2) is 20.1 Å². The highest BCUT2D eigenvalue weighted by Gasteiger charge is 2.19. The zero-order valence-electron chi connectivity index (χ0n) is 10.5. The van der Waals surface area contributed by atoms with Crippen LogP contribution in [0.15, 0.2) is 23.1 Å². The maximum Gasteiger partial charge on any atom is 0.241 e. The maximum atomic E-state index is 13.1. The van der Waals surface area contributed by atoms with Crippen molar-refractivity contribution in [2.75, 3.05) is 6.54 Å². The Labute approximate surface area is 107 Å². The lowest BCUT2D eigenvalue weighted by Gasteiger charge is -2.13. The Morgan fingerprint density at radius 3 is 2.67 bits per heavy atom.